The average molecular weight is 314 g/mol. The zero-order valence-electron chi connectivity index (χ0n) is 8.20. The van der Waals surface area contributed by atoms with Crippen LogP contribution in [0.2, 0.25) is 0 Å². The molecule has 0 aliphatic carbocycles. The summed E-state index contributed by atoms with van der Waals surface area (Å²) in [5.74, 6) is 0.598. The van der Waals surface area contributed by atoms with Gasteiger partial charge in [0, 0.05) is 15.5 Å². The second kappa shape index (κ2) is 4.72. The van der Waals surface area contributed by atoms with Crippen molar-refractivity contribution >= 4 is 35.7 Å². The van der Waals surface area contributed by atoms with Crippen molar-refractivity contribution in [3.8, 4) is 5.75 Å². The molecule has 0 aliphatic rings. The molecule has 6 heteroatoms. The van der Waals surface area contributed by atoms with E-state index in [1.165, 1.54) is 13.2 Å². The van der Waals surface area contributed by atoms with Crippen molar-refractivity contribution in [2.75, 3.05) is 7.11 Å². The zero-order valence-corrected chi connectivity index (χ0v) is 11.4. The average Bonchev–Trinajstić information content (AvgIpc) is 2.15. The number of hydrogen-bond donors (Lipinski definition) is 0. The molecule has 0 fully saturated rings. The van der Waals surface area contributed by atoms with Crippen LogP contribution in [0.25, 0.3) is 0 Å². The Morgan fingerprint density at radius 3 is 2.47 bits per heavy atom. The van der Waals surface area contributed by atoms with Gasteiger partial charge in [0.2, 0.25) is 0 Å². The van der Waals surface area contributed by atoms with Crippen molar-refractivity contribution in [1.82, 2.24) is 0 Å². The molecule has 0 aromatic heterocycles. The first-order valence-electron chi connectivity index (χ1n) is 4.13. The maximum Gasteiger partial charge on any atom is 0.261 e. The molecule has 0 saturated carbocycles. The molecule has 1 atom stereocenters. The number of benzene rings is 1. The quantitative estimate of drug-likeness (QED) is 0.636. The van der Waals surface area contributed by atoms with E-state index in [0.717, 1.165) is 0 Å². The normalized spacial score (nSPS) is 13.6. The van der Waals surface area contributed by atoms with Crippen LogP contribution >= 0.6 is 26.6 Å². The van der Waals surface area contributed by atoms with Gasteiger partial charge in [-0.25, -0.2) is 8.42 Å². The third-order valence-corrected chi connectivity index (χ3v) is 3.80. The SMILES string of the molecule is COc1ccc(S(=O)(=O)Cl)c(C(C)Br)c1. The molecule has 0 radical (unpaired) electrons. The van der Waals surface area contributed by atoms with Gasteiger partial charge in [0.25, 0.3) is 9.05 Å². The third kappa shape index (κ3) is 3.09. The largest absolute Gasteiger partial charge is 0.497 e. The maximum atomic E-state index is 11.3. The van der Waals surface area contributed by atoms with E-state index in [0.29, 0.717) is 11.3 Å². The summed E-state index contributed by atoms with van der Waals surface area (Å²) in [7, 11) is 3.12. The summed E-state index contributed by atoms with van der Waals surface area (Å²) in [5, 5.41) is 0. The van der Waals surface area contributed by atoms with E-state index < -0.39 is 9.05 Å². The summed E-state index contributed by atoms with van der Waals surface area (Å²) < 4.78 is 27.5. The smallest absolute Gasteiger partial charge is 0.261 e. The summed E-state index contributed by atoms with van der Waals surface area (Å²) in [6.07, 6.45) is 0. The maximum absolute atomic E-state index is 11.3. The van der Waals surface area contributed by atoms with Gasteiger partial charge in [-0.3, -0.25) is 0 Å². The summed E-state index contributed by atoms with van der Waals surface area (Å²) >= 11 is 3.31. The molecule has 0 saturated heterocycles. The number of halogens is 2. The Kier molecular flexibility index (Phi) is 4.03. The van der Waals surface area contributed by atoms with Gasteiger partial charge in [-0.1, -0.05) is 15.9 Å². The van der Waals surface area contributed by atoms with Crippen molar-refractivity contribution in [3.05, 3.63) is 23.8 Å². The lowest BCUT2D eigenvalue weighted by Crippen LogP contribution is -1.99. The molecule has 1 aromatic carbocycles. The molecular weight excluding hydrogens is 304 g/mol. The minimum atomic E-state index is -3.72. The molecule has 1 aromatic rings. The van der Waals surface area contributed by atoms with Crippen molar-refractivity contribution in [3.63, 3.8) is 0 Å². The third-order valence-electron chi connectivity index (χ3n) is 1.91. The zero-order chi connectivity index (χ0) is 11.6. The van der Waals surface area contributed by atoms with Crippen LogP contribution in [0.3, 0.4) is 0 Å². The van der Waals surface area contributed by atoms with Crippen LogP contribution in [0, 0.1) is 0 Å². The Hall–Kier alpha value is -0.260. The van der Waals surface area contributed by atoms with E-state index in [-0.39, 0.29) is 9.72 Å². The van der Waals surface area contributed by atoms with E-state index in [4.69, 9.17) is 15.4 Å². The van der Waals surface area contributed by atoms with E-state index in [9.17, 15) is 8.42 Å². The van der Waals surface area contributed by atoms with Gasteiger partial charge in [-0.05, 0) is 30.7 Å². The van der Waals surface area contributed by atoms with Crippen LogP contribution in [0.5, 0.6) is 5.75 Å². The molecule has 3 nitrogen and oxygen atoms in total. The minimum Gasteiger partial charge on any atom is -0.497 e. The first kappa shape index (κ1) is 12.8. The van der Waals surface area contributed by atoms with E-state index in [1.807, 2.05) is 6.92 Å². The van der Waals surface area contributed by atoms with Gasteiger partial charge in [0.15, 0.2) is 0 Å². The van der Waals surface area contributed by atoms with Crippen LogP contribution in [-0.2, 0) is 9.05 Å². The molecular formula is C9H10BrClO3S. The molecule has 1 rings (SSSR count). The highest BCUT2D eigenvalue weighted by Crippen LogP contribution is 2.32. The van der Waals surface area contributed by atoms with Crippen molar-refractivity contribution in [2.24, 2.45) is 0 Å². The number of ether oxygens (including phenoxy) is 1. The number of alkyl halides is 1. The van der Waals surface area contributed by atoms with Crippen LogP contribution in [-0.4, -0.2) is 15.5 Å². The molecule has 84 valence electrons. The highest BCUT2D eigenvalue weighted by molar-refractivity contribution is 9.09. The Bertz CT molecular complexity index is 456. The summed E-state index contributed by atoms with van der Waals surface area (Å²) in [5.41, 5.74) is 0.587. The molecule has 0 aliphatic heterocycles. The second-order valence-electron chi connectivity index (χ2n) is 2.96. The Morgan fingerprint density at radius 1 is 1.47 bits per heavy atom. The van der Waals surface area contributed by atoms with Crippen molar-refractivity contribution in [1.29, 1.82) is 0 Å². The fraction of sp³-hybridized carbons (Fsp3) is 0.333. The van der Waals surface area contributed by atoms with Crippen molar-refractivity contribution in [2.45, 2.75) is 16.6 Å². The van der Waals surface area contributed by atoms with Gasteiger partial charge in [-0.2, -0.15) is 0 Å². The number of rotatable bonds is 3. The first-order valence-corrected chi connectivity index (χ1v) is 7.35. The minimum absolute atomic E-state index is 0.106. The highest BCUT2D eigenvalue weighted by Gasteiger charge is 2.18. The summed E-state index contributed by atoms with van der Waals surface area (Å²) in [6, 6.07) is 4.65. The number of hydrogen-bond acceptors (Lipinski definition) is 3. The summed E-state index contributed by atoms with van der Waals surface area (Å²) in [4.78, 5) is -0.00883. The van der Waals surface area contributed by atoms with Gasteiger partial charge >= 0.3 is 0 Å². The number of methoxy groups -OCH3 is 1. The Labute approximate surface area is 102 Å². The van der Waals surface area contributed by atoms with Crippen LogP contribution in [0.1, 0.15) is 17.3 Å². The van der Waals surface area contributed by atoms with Crippen LogP contribution < -0.4 is 4.74 Å². The Balaban J connectivity index is 3.41. The Morgan fingerprint density at radius 2 is 2.07 bits per heavy atom. The molecule has 0 amide bonds. The van der Waals surface area contributed by atoms with E-state index in [1.54, 1.807) is 12.1 Å². The fourth-order valence-corrected chi connectivity index (χ4v) is 2.89. The van der Waals surface area contributed by atoms with Gasteiger partial charge < -0.3 is 4.74 Å². The topological polar surface area (TPSA) is 43.4 Å². The molecule has 1 unspecified atom stereocenters. The second-order valence-corrected chi connectivity index (χ2v) is 6.87. The fourth-order valence-electron chi connectivity index (χ4n) is 1.19. The van der Waals surface area contributed by atoms with Gasteiger partial charge in [0.05, 0.1) is 12.0 Å². The van der Waals surface area contributed by atoms with Gasteiger partial charge in [-0.15, -0.1) is 0 Å². The van der Waals surface area contributed by atoms with Crippen molar-refractivity contribution < 1.29 is 13.2 Å². The lowest BCUT2D eigenvalue weighted by molar-refractivity contribution is 0.414. The molecule has 0 spiro atoms. The van der Waals surface area contributed by atoms with E-state index >= 15 is 0 Å². The predicted octanol–water partition coefficient (Wildman–Crippen LogP) is 3.08. The summed E-state index contributed by atoms with van der Waals surface area (Å²) in [6.45, 7) is 1.82. The van der Waals surface area contributed by atoms with E-state index in [2.05, 4.69) is 15.9 Å². The lowest BCUT2D eigenvalue weighted by Gasteiger charge is -2.10. The highest BCUT2D eigenvalue weighted by atomic mass is 79.9. The van der Waals surface area contributed by atoms with Crippen LogP contribution in [0.4, 0.5) is 0 Å². The lowest BCUT2D eigenvalue weighted by atomic mass is 10.1. The van der Waals surface area contributed by atoms with Gasteiger partial charge in [0.1, 0.15) is 5.75 Å². The predicted molar refractivity (Wildman–Crippen MR) is 63.4 cm³/mol. The molecule has 0 heterocycles. The standard InChI is InChI=1S/C9H10BrClO3S/c1-6(10)8-5-7(14-2)3-4-9(8)15(11,12)13/h3-6H,1-2H3. The van der Waals surface area contributed by atoms with Crippen LogP contribution in [0.15, 0.2) is 23.1 Å². The first-order chi connectivity index (χ1) is 6.86. The monoisotopic (exact) mass is 312 g/mol. The molecule has 15 heavy (non-hydrogen) atoms. The molecule has 0 bridgehead atoms. The molecule has 0 N–H and O–H groups in total.